The first-order chi connectivity index (χ1) is 11.2. The van der Waals surface area contributed by atoms with Crippen LogP contribution in [0.5, 0.6) is 0 Å². The van der Waals surface area contributed by atoms with Crippen molar-refractivity contribution < 1.29 is 19.7 Å². The Bertz CT molecular complexity index is 574. The van der Waals surface area contributed by atoms with Gasteiger partial charge in [-0.3, -0.25) is 0 Å². The Balaban J connectivity index is 1.83. The van der Waals surface area contributed by atoms with Gasteiger partial charge in [-0.05, 0) is 64.0 Å². The molecule has 2 saturated heterocycles. The normalized spacial score (nSPS) is 44.0. The standard InChI is InChI=1S/C20H30O4/c1-13-5-8-18-20(4,24-18)10-9-16(21)14(2)6-7-15-17(11-13)23-12-19(15,3)22/h7,11,16-18,21-22H,2,5-6,8-10,12H2,1,3-4H3. The van der Waals surface area contributed by atoms with Crippen LogP contribution in [0.3, 0.4) is 0 Å². The third-order valence-electron chi connectivity index (χ3n) is 5.71. The van der Waals surface area contributed by atoms with Crippen LogP contribution in [0, 0.1) is 0 Å². The van der Waals surface area contributed by atoms with Crippen molar-refractivity contribution in [3.8, 4) is 0 Å². The largest absolute Gasteiger partial charge is 0.389 e. The number of aliphatic hydroxyl groups excluding tert-OH is 1. The third-order valence-corrected chi connectivity index (χ3v) is 5.71. The summed E-state index contributed by atoms with van der Waals surface area (Å²) in [6, 6.07) is 0. The molecule has 2 aliphatic heterocycles. The van der Waals surface area contributed by atoms with E-state index in [9.17, 15) is 10.2 Å². The monoisotopic (exact) mass is 334 g/mol. The maximum Gasteiger partial charge on any atom is 0.109 e. The molecule has 3 rings (SSSR count). The van der Waals surface area contributed by atoms with Crippen molar-refractivity contribution in [3.05, 3.63) is 35.5 Å². The van der Waals surface area contributed by atoms with Crippen LogP contribution in [0.25, 0.3) is 0 Å². The summed E-state index contributed by atoms with van der Waals surface area (Å²) in [5.74, 6) is 0. The summed E-state index contributed by atoms with van der Waals surface area (Å²) >= 11 is 0. The molecular weight excluding hydrogens is 304 g/mol. The Morgan fingerprint density at radius 1 is 1.29 bits per heavy atom. The quantitative estimate of drug-likeness (QED) is 0.528. The molecular formula is C20H30O4. The van der Waals surface area contributed by atoms with Crippen molar-refractivity contribution in [2.45, 2.75) is 82.4 Å². The minimum atomic E-state index is -0.956. The minimum Gasteiger partial charge on any atom is -0.389 e. The Hall–Kier alpha value is -0.940. The highest BCUT2D eigenvalue weighted by Crippen LogP contribution is 2.44. The molecule has 5 unspecified atom stereocenters. The van der Waals surface area contributed by atoms with Gasteiger partial charge in [0.2, 0.25) is 0 Å². The molecule has 3 aliphatic rings. The van der Waals surface area contributed by atoms with Crippen LogP contribution in [0.4, 0.5) is 0 Å². The fourth-order valence-electron chi connectivity index (χ4n) is 3.79. The highest BCUT2D eigenvalue weighted by atomic mass is 16.6. The fourth-order valence-corrected chi connectivity index (χ4v) is 3.79. The van der Waals surface area contributed by atoms with Crippen molar-refractivity contribution in [1.82, 2.24) is 0 Å². The van der Waals surface area contributed by atoms with Gasteiger partial charge in [0, 0.05) is 0 Å². The molecule has 4 heteroatoms. The third kappa shape index (κ3) is 3.67. The highest BCUT2D eigenvalue weighted by Gasteiger charge is 2.51. The maximum absolute atomic E-state index is 10.6. The van der Waals surface area contributed by atoms with Gasteiger partial charge in [0.1, 0.15) is 5.60 Å². The van der Waals surface area contributed by atoms with E-state index < -0.39 is 11.7 Å². The molecule has 2 fully saturated rings. The summed E-state index contributed by atoms with van der Waals surface area (Å²) in [6.07, 6.45) is 7.65. The molecule has 0 bridgehead atoms. The van der Waals surface area contributed by atoms with E-state index in [0.29, 0.717) is 19.4 Å². The van der Waals surface area contributed by atoms with E-state index in [0.717, 1.165) is 30.4 Å². The number of aliphatic hydroxyl groups is 2. The lowest BCUT2D eigenvalue weighted by molar-refractivity contribution is 0.0486. The van der Waals surface area contributed by atoms with Crippen molar-refractivity contribution in [1.29, 1.82) is 0 Å². The van der Waals surface area contributed by atoms with Gasteiger partial charge < -0.3 is 19.7 Å². The first-order valence-corrected chi connectivity index (χ1v) is 8.97. The molecule has 134 valence electrons. The smallest absolute Gasteiger partial charge is 0.109 e. The van der Waals surface area contributed by atoms with Gasteiger partial charge in [0.15, 0.2) is 0 Å². The lowest BCUT2D eigenvalue weighted by Crippen LogP contribution is -2.27. The SMILES string of the molecule is C=C1CC=C2C(C=C(C)CCC3OC3(C)CCC1O)OCC2(C)O. The first-order valence-electron chi connectivity index (χ1n) is 8.97. The summed E-state index contributed by atoms with van der Waals surface area (Å²) in [4.78, 5) is 0. The van der Waals surface area contributed by atoms with E-state index in [4.69, 9.17) is 9.47 Å². The van der Waals surface area contributed by atoms with Gasteiger partial charge in [0.05, 0.1) is 30.5 Å². The predicted octanol–water partition coefficient (Wildman–Crippen LogP) is 3.05. The zero-order valence-corrected chi connectivity index (χ0v) is 15.0. The Labute approximate surface area is 144 Å². The molecule has 24 heavy (non-hydrogen) atoms. The fraction of sp³-hybridized carbons (Fsp3) is 0.700. The number of ether oxygens (including phenoxy) is 2. The number of hydrogen-bond acceptors (Lipinski definition) is 4. The molecule has 5 atom stereocenters. The number of hydrogen-bond donors (Lipinski definition) is 2. The Kier molecular flexibility index (Phi) is 4.77. The molecule has 4 nitrogen and oxygen atoms in total. The molecule has 0 amide bonds. The molecule has 0 aromatic rings. The van der Waals surface area contributed by atoms with E-state index >= 15 is 0 Å². The molecule has 1 aliphatic carbocycles. The second-order valence-electron chi connectivity index (χ2n) is 8.05. The van der Waals surface area contributed by atoms with Gasteiger partial charge in [-0.25, -0.2) is 0 Å². The van der Waals surface area contributed by atoms with Crippen LogP contribution in [0.2, 0.25) is 0 Å². The lowest BCUT2D eigenvalue weighted by atomic mass is 9.89. The van der Waals surface area contributed by atoms with Crippen LogP contribution in [0.15, 0.2) is 35.5 Å². The molecule has 0 saturated carbocycles. The average Bonchev–Trinajstić information content (AvgIpc) is 3.08. The number of rotatable bonds is 0. The summed E-state index contributed by atoms with van der Waals surface area (Å²) in [6.45, 7) is 10.4. The molecule has 0 spiro atoms. The van der Waals surface area contributed by atoms with Crippen molar-refractivity contribution in [3.63, 3.8) is 0 Å². The molecule has 2 heterocycles. The van der Waals surface area contributed by atoms with E-state index in [1.165, 1.54) is 5.57 Å². The molecule has 0 aromatic heterocycles. The van der Waals surface area contributed by atoms with Gasteiger partial charge in [-0.2, -0.15) is 0 Å². The predicted molar refractivity (Wildman–Crippen MR) is 93.7 cm³/mol. The van der Waals surface area contributed by atoms with Gasteiger partial charge >= 0.3 is 0 Å². The van der Waals surface area contributed by atoms with Crippen molar-refractivity contribution in [2.24, 2.45) is 0 Å². The second-order valence-corrected chi connectivity index (χ2v) is 8.05. The number of allylic oxidation sites excluding steroid dienone is 2. The van der Waals surface area contributed by atoms with E-state index in [1.54, 1.807) is 6.92 Å². The van der Waals surface area contributed by atoms with Crippen LogP contribution < -0.4 is 0 Å². The van der Waals surface area contributed by atoms with Gasteiger partial charge in [-0.1, -0.05) is 24.3 Å². The molecule has 2 N–H and O–H groups in total. The minimum absolute atomic E-state index is 0.0970. The summed E-state index contributed by atoms with van der Waals surface area (Å²) in [5.41, 5.74) is 1.86. The van der Waals surface area contributed by atoms with Crippen LogP contribution in [-0.4, -0.2) is 46.3 Å². The zero-order valence-electron chi connectivity index (χ0n) is 15.0. The zero-order chi connectivity index (χ0) is 17.5. The number of epoxide rings is 1. The van der Waals surface area contributed by atoms with E-state index in [2.05, 4.69) is 26.5 Å². The van der Waals surface area contributed by atoms with Crippen LogP contribution in [0.1, 0.15) is 52.9 Å². The van der Waals surface area contributed by atoms with Gasteiger partial charge in [-0.15, -0.1) is 0 Å². The summed E-state index contributed by atoms with van der Waals surface area (Å²) in [7, 11) is 0. The second kappa shape index (κ2) is 6.41. The Morgan fingerprint density at radius 3 is 2.79 bits per heavy atom. The van der Waals surface area contributed by atoms with Crippen molar-refractivity contribution >= 4 is 0 Å². The van der Waals surface area contributed by atoms with Crippen molar-refractivity contribution in [2.75, 3.05) is 6.61 Å². The van der Waals surface area contributed by atoms with Crippen LogP contribution in [-0.2, 0) is 9.47 Å². The lowest BCUT2D eigenvalue weighted by Gasteiger charge is -2.20. The number of fused-ring (bicyclic) bond motifs is 2. The first kappa shape index (κ1) is 17.9. The molecule has 0 aromatic carbocycles. The molecule has 0 radical (unpaired) electrons. The summed E-state index contributed by atoms with van der Waals surface area (Å²) < 4.78 is 11.7. The van der Waals surface area contributed by atoms with E-state index in [1.807, 2.05) is 6.08 Å². The maximum atomic E-state index is 10.6. The highest BCUT2D eigenvalue weighted by molar-refractivity contribution is 5.31. The Morgan fingerprint density at radius 2 is 2.04 bits per heavy atom. The van der Waals surface area contributed by atoms with Crippen LogP contribution >= 0.6 is 0 Å². The van der Waals surface area contributed by atoms with Gasteiger partial charge in [0.25, 0.3) is 0 Å². The summed E-state index contributed by atoms with van der Waals surface area (Å²) in [5, 5.41) is 20.9. The topological polar surface area (TPSA) is 62.2 Å². The van der Waals surface area contributed by atoms with E-state index in [-0.39, 0.29) is 17.8 Å². The average molecular weight is 334 g/mol.